The van der Waals surface area contributed by atoms with Gasteiger partial charge in [-0.1, -0.05) is 29.8 Å². The lowest BCUT2D eigenvalue weighted by molar-refractivity contribution is 0.282. The number of hydrogen-bond acceptors (Lipinski definition) is 2. The van der Waals surface area contributed by atoms with E-state index in [2.05, 4.69) is 0 Å². The van der Waals surface area contributed by atoms with Crippen LogP contribution < -0.4 is 4.90 Å². The summed E-state index contributed by atoms with van der Waals surface area (Å²) in [4.78, 5) is 1.68. The highest BCUT2D eigenvalue weighted by molar-refractivity contribution is 6.33. The highest BCUT2D eigenvalue weighted by atomic mass is 35.5. The third-order valence-electron chi connectivity index (χ3n) is 2.77. The summed E-state index contributed by atoms with van der Waals surface area (Å²) in [6.45, 7) is -0.0661. The van der Waals surface area contributed by atoms with Gasteiger partial charge in [0.25, 0.3) is 0 Å². The van der Waals surface area contributed by atoms with Gasteiger partial charge in [0.05, 0.1) is 23.0 Å². The lowest BCUT2D eigenvalue weighted by Gasteiger charge is -2.21. The van der Waals surface area contributed by atoms with Crippen LogP contribution in [0, 0.1) is 5.82 Å². The molecule has 2 aromatic carbocycles. The molecule has 0 aliphatic rings. The molecule has 0 atom stereocenters. The second kappa shape index (κ2) is 5.38. The molecule has 0 aromatic heterocycles. The number of aliphatic hydroxyl groups is 1. The van der Waals surface area contributed by atoms with Gasteiger partial charge in [0.1, 0.15) is 5.82 Å². The summed E-state index contributed by atoms with van der Waals surface area (Å²) in [6.07, 6.45) is 0. The highest BCUT2D eigenvalue weighted by Crippen LogP contribution is 2.32. The van der Waals surface area contributed by atoms with Gasteiger partial charge >= 0.3 is 0 Å². The van der Waals surface area contributed by atoms with Crippen molar-refractivity contribution in [3.8, 4) is 0 Å². The van der Waals surface area contributed by atoms with E-state index in [4.69, 9.17) is 16.7 Å². The van der Waals surface area contributed by atoms with E-state index in [9.17, 15) is 4.39 Å². The van der Waals surface area contributed by atoms with Crippen molar-refractivity contribution < 1.29 is 9.50 Å². The van der Waals surface area contributed by atoms with Gasteiger partial charge in [0, 0.05) is 7.05 Å². The van der Waals surface area contributed by atoms with Gasteiger partial charge in [0.2, 0.25) is 0 Å². The van der Waals surface area contributed by atoms with E-state index in [1.165, 1.54) is 6.07 Å². The van der Waals surface area contributed by atoms with Crippen LogP contribution in [0.1, 0.15) is 5.56 Å². The third-order valence-corrected chi connectivity index (χ3v) is 3.07. The molecule has 2 aromatic rings. The highest BCUT2D eigenvalue weighted by Gasteiger charge is 2.12. The number of nitrogens with zero attached hydrogens (tertiary/aromatic N) is 1. The molecule has 0 unspecified atom stereocenters. The molecule has 0 heterocycles. The first-order chi connectivity index (χ1) is 8.63. The molecule has 2 nitrogen and oxygen atoms in total. The summed E-state index contributed by atoms with van der Waals surface area (Å²) in [5.41, 5.74) is 1.88. The average Bonchev–Trinajstić information content (AvgIpc) is 2.38. The van der Waals surface area contributed by atoms with Crippen LogP contribution in [-0.4, -0.2) is 12.2 Å². The van der Waals surface area contributed by atoms with Crippen LogP contribution in [0.5, 0.6) is 0 Å². The molecule has 0 spiro atoms. The molecule has 0 bridgehead atoms. The number of aliphatic hydroxyl groups excluding tert-OH is 1. The molecule has 1 N–H and O–H groups in total. The summed E-state index contributed by atoms with van der Waals surface area (Å²) in [5, 5.41) is 9.50. The smallest absolute Gasteiger partial charge is 0.146 e. The predicted molar refractivity (Wildman–Crippen MR) is 71.8 cm³/mol. The average molecular weight is 266 g/mol. The van der Waals surface area contributed by atoms with Gasteiger partial charge in [-0.15, -0.1) is 0 Å². The lowest BCUT2D eigenvalue weighted by atomic mass is 10.2. The molecule has 0 radical (unpaired) electrons. The Kier molecular flexibility index (Phi) is 3.84. The van der Waals surface area contributed by atoms with E-state index in [1.54, 1.807) is 48.3 Å². The number of para-hydroxylation sites is 1. The zero-order valence-corrected chi connectivity index (χ0v) is 10.7. The molecule has 0 aliphatic carbocycles. The first kappa shape index (κ1) is 12.9. The maximum Gasteiger partial charge on any atom is 0.146 e. The minimum Gasteiger partial charge on any atom is -0.392 e. The van der Waals surface area contributed by atoms with Crippen LogP contribution in [0.4, 0.5) is 15.8 Å². The molecule has 4 heteroatoms. The Morgan fingerprint density at radius 3 is 2.50 bits per heavy atom. The van der Waals surface area contributed by atoms with Crippen molar-refractivity contribution in [2.75, 3.05) is 11.9 Å². The summed E-state index contributed by atoms with van der Waals surface area (Å²) in [6, 6.07) is 11.7. The fourth-order valence-corrected chi connectivity index (χ4v) is 2.10. The zero-order valence-electron chi connectivity index (χ0n) is 9.90. The van der Waals surface area contributed by atoms with Crippen molar-refractivity contribution in [1.29, 1.82) is 0 Å². The van der Waals surface area contributed by atoms with Crippen LogP contribution >= 0.6 is 11.6 Å². The molecule has 0 aliphatic heterocycles. The van der Waals surface area contributed by atoms with Gasteiger partial charge in [0.15, 0.2) is 0 Å². The number of rotatable bonds is 3. The van der Waals surface area contributed by atoms with Crippen LogP contribution in [0.2, 0.25) is 5.02 Å². The maximum absolute atomic E-state index is 13.7. The van der Waals surface area contributed by atoms with Crippen molar-refractivity contribution in [3.05, 3.63) is 58.9 Å². The summed E-state index contributed by atoms with van der Waals surface area (Å²) in [7, 11) is 1.75. The molecule has 0 saturated heterocycles. The molecular weight excluding hydrogens is 253 g/mol. The van der Waals surface area contributed by atoms with E-state index in [0.29, 0.717) is 16.4 Å². The number of anilines is 2. The van der Waals surface area contributed by atoms with Crippen LogP contribution in [-0.2, 0) is 6.61 Å². The summed E-state index contributed by atoms with van der Waals surface area (Å²) in [5.74, 6) is -0.303. The SMILES string of the molecule is CN(c1ccccc1F)c1ccc(CO)cc1Cl. The van der Waals surface area contributed by atoms with Gasteiger partial charge < -0.3 is 10.0 Å². The van der Waals surface area contributed by atoms with Crippen molar-refractivity contribution in [1.82, 2.24) is 0 Å². The zero-order chi connectivity index (χ0) is 13.1. The maximum atomic E-state index is 13.7. The Hall–Kier alpha value is -1.58. The molecule has 2 rings (SSSR count). The largest absolute Gasteiger partial charge is 0.392 e. The molecule has 18 heavy (non-hydrogen) atoms. The van der Waals surface area contributed by atoms with Crippen LogP contribution in [0.25, 0.3) is 0 Å². The van der Waals surface area contributed by atoms with E-state index >= 15 is 0 Å². The molecule has 0 amide bonds. The fraction of sp³-hybridized carbons (Fsp3) is 0.143. The minimum atomic E-state index is -0.303. The van der Waals surface area contributed by atoms with Crippen molar-refractivity contribution >= 4 is 23.0 Å². The van der Waals surface area contributed by atoms with Crippen LogP contribution in [0.3, 0.4) is 0 Å². The molecule has 0 saturated carbocycles. The third kappa shape index (κ3) is 2.47. The Labute approximate surface area is 110 Å². The quantitative estimate of drug-likeness (QED) is 0.914. The van der Waals surface area contributed by atoms with Crippen molar-refractivity contribution in [2.24, 2.45) is 0 Å². The topological polar surface area (TPSA) is 23.5 Å². The van der Waals surface area contributed by atoms with Crippen molar-refractivity contribution in [2.45, 2.75) is 6.61 Å². The van der Waals surface area contributed by atoms with E-state index in [1.807, 2.05) is 0 Å². The van der Waals surface area contributed by atoms with E-state index < -0.39 is 0 Å². The normalized spacial score (nSPS) is 10.4. The van der Waals surface area contributed by atoms with Gasteiger partial charge in [-0.2, -0.15) is 0 Å². The Balaban J connectivity index is 2.40. The second-order valence-corrected chi connectivity index (χ2v) is 4.36. The van der Waals surface area contributed by atoms with Crippen molar-refractivity contribution in [3.63, 3.8) is 0 Å². The number of benzene rings is 2. The van der Waals surface area contributed by atoms with Gasteiger partial charge in [-0.3, -0.25) is 0 Å². The predicted octanol–water partition coefficient (Wildman–Crippen LogP) is 3.74. The molecular formula is C14H13ClFNO. The fourth-order valence-electron chi connectivity index (χ4n) is 1.77. The Morgan fingerprint density at radius 2 is 1.89 bits per heavy atom. The van der Waals surface area contributed by atoms with Gasteiger partial charge in [-0.25, -0.2) is 4.39 Å². The number of hydrogen-bond donors (Lipinski definition) is 1. The van der Waals surface area contributed by atoms with E-state index in [0.717, 1.165) is 5.56 Å². The minimum absolute atomic E-state index is 0.0661. The molecule has 0 fully saturated rings. The van der Waals surface area contributed by atoms with Crippen LogP contribution in [0.15, 0.2) is 42.5 Å². The first-order valence-corrected chi connectivity index (χ1v) is 5.89. The monoisotopic (exact) mass is 265 g/mol. The lowest BCUT2D eigenvalue weighted by Crippen LogP contribution is -2.11. The Morgan fingerprint density at radius 1 is 1.17 bits per heavy atom. The Bertz CT molecular complexity index is 559. The summed E-state index contributed by atoms with van der Waals surface area (Å²) < 4.78 is 13.7. The van der Waals surface area contributed by atoms with E-state index in [-0.39, 0.29) is 12.4 Å². The van der Waals surface area contributed by atoms with Gasteiger partial charge in [-0.05, 0) is 29.8 Å². The summed E-state index contributed by atoms with van der Waals surface area (Å²) >= 11 is 6.13. The number of halogens is 2. The standard InChI is InChI=1S/C14H13ClFNO/c1-17(14-5-3-2-4-12(14)16)13-7-6-10(9-18)8-11(13)15/h2-8,18H,9H2,1H3. The second-order valence-electron chi connectivity index (χ2n) is 3.95. The molecule has 94 valence electrons. The first-order valence-electron chi connectivity index (χ1n) is 5.51.